The largest absolute Gasteiger partial charge is 0.497 e. The highest BCUT2D eigenvalue weighted by Gasteiger charge is 2.29. The Morgan fingerprint density at radius 1 is 1.07 bits per heavy atom. The number of hydrogen-bond donors (Lipinski definition) is 1. The zero-order valence-corrected chi connectivity index (χ0v) is 16.4. The number of methoxy groups -OCH3 is 1. The zero-order valence-electron chi connectivity index (χ0n) is 15.6. The van der Waals surface area contributed by atoms with Gasteiger partial charge in [0.25, 0.3) is 5.91 Å². The van der Waals surface area contributed by atoms with Crippen molar-refractivity contribution in [2.75, 3.05) is 25.9 Å². The van der Waals surface area contributed by atoms with Crippen LogP contribution in [-0.4, -0.2) is 36.8 Å². The Labute approximate surface area is 165 Å². The smallest absolute Gasteiger partial charge is 0.254 e. The SMILES string of the molecule is COc1ccc(C(=O)C2CCN(C(=O)c3cc(N)ccc3C)CC2)cc1.Cl. The van der Waals surface area contributed by atoms with Crippen molar-refractivity contribution in [3.8, 4) is 5.75 Å². The quantitative estimate of drug-likeness (QED) is 0.639. The molecule has 0 atom stereocenters. The Balaban J connectivity index is 0.00000261. The second kappa shape index (κ2) is 8.91. The van der Waals surface area contributed by atoms with Crippen LogP contribution >= 0.6 is 12.4 Å². The summed E-state index contributed by atoms with van der Waals surface area (Å²) >= 11 is 0. The lowest BCUT2D eigenvalue weighted by molar-refractivity contribution is 0.0649. The van der Waals surface area contributed by atoms with Gasteiger partial charge in [0.05, 0.1) is 7.11 Å². The van der Waals surface area contributed by atoms with Crippen LogP contribution in [0.25, 0.3) is 0 Å². The summed E-state index contributed by atoms with van der Waals surface area (Å²) in [7, 11) is 1.60. The number of carbonyl (C=O) groups is 2. The Kier molecular flexibility index (Phi) is 6.86. The van der Waals surface area contributed by atoms with Crippen LogP contribution in [0.4, 0.5) is 5.69 Å². The molecule has 0 unspecified atom stereocenters. The molecule has 0 bridgehead atoms. The third-order valence-corrected chi connectivity index (χ3v) is 5.02. The van der Waals surface area contributed by atoms with E-state index >= 15 is 0 Å². The van der Waals surface area contributed by atoms with Gasteiger partial charge in [0.1, 0.15) is 5.75 Å². The first-order valence-electron chi connectivity index (χ1n) is 8.83. The van der Waals surface area contributed by atoms with Crippen molar-refractivity contribution in [1.29, 1.82) is 0 Å². The first kappa shape index (κ1) is 20.8. The van der Waals surface area contributed by atoms with E-state index in [4.69, 9.17) is 10.5 Å². The van der Waals surface area contributed by atoms with E-state index in [1.807, 2.05) is 17.9 Å². The molecule has 0 aromatic heterocycles. The summed E-state index contributed by atoms with van der Waals surface area (Å²) < 4.78 is 5.13. The van der Waals surface area contributed by atoms with Gasteiger partial charge in [0.2, 0.25) is 0 Å². The van der Waals surface area contributed by atoms with Crippen molar-refractivity contribution in [3.63, 3.8) is 0 Å². The minimum Gasteiger partial charge on any atom is -0.497 e. The highest BCUT2D eigenvalue weighted by Crippen LogP contribution is 2.25. The van der Waals surface area contributed by atoms with Crippen LogP contribution in [0.15, 0.2) is 42.5 Å². The Bertz CT molecular complexity index is 813. The summed E-state index contributed by atoms with van der Waals surface area (Å²) in [6, 6.07) is 12.6. The standard InChI is InChI=1S/C21H24N2O3.ClH/c1-14-3-6-17(22)13-19(14)21(25)23-11-9-16(10-12-23)20(24)15-4-7-18(26-2)8-5-15;/h3-8,13,16H,9-12,22H2,1-2H3;1H. The average Bonchev–Trinajstić information content (AvgIpc) is 2.69. The molecule has 2 aromatic rings. The van der Waals surface area contributed by atoms with Crippen molar-refractivity contribution < 1.29 is 14.3 Å². The number of nitrogen functional groups attached to an aromatic ring is 1. The number of carbonyl (C=O) groups excluding carboxylic acids is 2. The van der Waals surface area contributed by atoms with E-state index in [-0.39, 0.29) is 30.0 Å². The minimum atomic E-state index is -0.0469. The molecule has 0 spiro atoms. The second-order valence-corrected chi connectivity index (χ2v) is 6.73. The molecule has 6 heteroatoms. The van der Waals surface area contributed by atoms with Crippen molar-refractivity contribution in [2.45, 2.75) is 19.8 Å². The number of nitrogens with zero attached hydrogens (tertiary/aromatic N) is 1. The van der Waals surface area contributed by atoms with Crippen molar-refractivity contribution in [3.05, 3.63) is 59.2 Å². The van der Waals surface area contributed by atoms with Gasteiger partial charge in [-0.1, -0.05) is 6.07 Å². The monoisotopic (exact) mass is 388 g/mol. The fourth-order valence-corrected chi connectivity index (χ4v) is 3.38. The molecule has 0 aliphatic carbocycles. The summed E-state index contributed by atoms with van der Waals surface area (Å²) in [5.41, 5.74) is 8.66. The zero-order chi connectivity index (χ0) is 18.7. The van der Waals surface area contributed by atoms with Gasteiger partial charge in [-0.3, -0.25) is 9.59 Å². The van der Waals surface area contributed by atoms with Gasteiger partial charge in [0.15, 0.2) is 5.78 Å². The topological polar surface area (TPSA) is 72.6 Å². The number of amides is 1. The van der Waals surface area contributed by atoms with E-state index < -0.39 is 0 Å². The van der Waals surface area contributed by atoms with Crippen LogP contribution in [0.3, 0.4) is 0 Å². The van der Waals surface area contributed by atoms with Crippen molar-refractivity contribution >= 4 is 29.8 Å². The maximum atomic E-state index is 12.8. The molecule has 1 saturated heterocycles. The van der Waals surface area contributed by atoms with Gasteiger partial charge in [-0.2, -0.15) is 0 Å². The van der Waals surface area contributed by atoms with Crippen molar-refractivity contribution in [1.82, 2.24) is 4.90 Å². The van der Waals surface area contributed by atoms with E-state index in [1.165, 1.54) is 0 Å². The second-order valence-electron chi connectivity index (χ2n) is 6.73. The number of piperidine rings is 1. The fourth-order valence-electron chi connectivity index (χ4n) is 3.38. The van der Waals surface area contributed by atoms with E-state index in [0.29, 0.717) is 42.7 Å². The van der Waals surface area contributed by atoms with Gasteiger partial charge in [-0.05, 0) is 61.7 Å². The van der Waals surface area contributed by atoms with Crippen LogP contribution in [0.5, 0.6) is 5.75 Å². The first-order valence-corrected chi connectivity index (χ1v) is 8.83. The van der Waals surface area contributed by atoms with Crippen LogP contribution in [0, 0.1) is 12.8 Å². The number of rotatable bonds is 4. The van der Waals surface area contributed by atoms with Crippen LogP contribution < -0.4 is 10.5 Å². The highest BCUT2D eigenvalue weighted by atomic mass is 35.5. The lowest BCUT2D eigenvalue weighted by atomic mass is 9.88. The molecule has 1 heterocycles. The number of Topliss-reactive ketones (excluding diaryl/α,β-unsaturated/α-hetero) is 1. The average molecular weight is 389 g/mol. The number of hydrogen-bond acceptors (Lipinski definition) is 4. The number of halogens is 1. The number of ether oxygens (including phenoxy) is 1. The third kappa shape index (κ3) is 4.61. The van der Waals surface area contributed by atoms with Crippen LogP contribution in [-0.2, 0) is 0 Å². The van der Waals surface area contributed by atoms with E-state index in [9.17, 15) is 9.59 Å². The van der Waals surface area contributed by atoms with Crippen molar-refractivity contribution in [2.24, 2.45) is 5.92 Å². The molecule has 1 aliphatic rings. The summed E-state index contributed by atoms with van der Waals surface area (Å²) in [5, 5.41) is 0. The van der Waals surface area contributed by atoms with Gasteiger partial charge in [-0.25, -0.2) is 0 Å². The van der Waals surface area contributed by atoms with E-state index in [0.717, 1.165) is 11.3 Å². The molecule has 3 rings (SSSR count). The molecule has 1 aliphatic heterocycles. The molecule has 1 fully saturated rings. The highest BCUT2D eigenvalue weighted by molar-refractivity contribution is 5.99. The molecule has 1 amide bonds. The molecule has 0 radical (unpaired) electrons. The summed E-state index contributed by atoms with van der Waals surface area (Å²) in [4.78, 5) is 27.3. The minimum absolute atomic E-state index is 0. The van der Waals surface area contributed by atoms with Gasteiger partial charge >= 0.3 is 0 Å². The maximum Gasteiger partial charge on any atom is 0.254 e. The lowest BCUT2D eigenvalue weighted by Gasteiger charge is -2.31. The fraction of sp³-hybridized carbons (Fsp3) is 0.333. The van der Waals surface area contributed by atoms with E-state index in [1.54, 1.807) is 43.5 Å². The van der Waals surface area contributed by atoms with Crippen LogP contribution in [0.1, 0.15) is 39.1 Å². The Hall–Kier alpha value is -2.53. The first-order chi connectivity index (χ1) is 12.5. The number of ketones is 1. The van der Waals surface area contributed by atoms with E-state index in [2.05, 4.69) is 0 Å². The molecule has 27 heavy (non-hydrogen) atoms. The number of nitrogens with two attached hydrogens (primary N) is 1. The van der Waals surface area contributed by atoms with Gasteiger partial charge in [-0.15, -0.1) is 12.4 Å². The Morgan fingerprint density at radius 3 is 2.30 bits per heavy atom. The predicted octanol–water partition coefficient (Wildman–Crippen LogP) is 3.74. The Morgan fingerprint density at radius 2 is 1.70 bits per heavy atom. The third-order valence-electron chi connectivity index (χ3n) is 5.02. The van der Waals surface area contributed by atoms with Gasteiger partial charge in [0, 0.05) is 35.8 Å². The summed E-state index contributed by atoms with van der Waals surface area (Å²) in [6.45, 7) is 3.08. The number of likely N-dealkylation sites (tertiary alicyclic amines) is 1. The molecule has 2 aromatic carbocycles. The normalized spacial score (nSPS) is 14.4. The summed E-state index contributed by atoms with van der Waals surface area (Å²) in [6.07, 6.45) is 1.36. The number of anilines is 1. The molecule has 144 valence electrons. The molecule has 2 N–H and O–H groups in total. The lowest BCUT2D eigenvalue weighted by Crippen LogP contribution is -2.40. The van der Waals surface area contributed by atoms with Gasteiger partial charge < -0.3 is 15.4 Å². The maximum absolute atomic E-state index is 12.8. The number of aryl methyl sites for hydroxylation is 1. The van der Waals surface area contributed by atoms with Crippen LogP contribution in [0.2, 0.25) is 0 Å². The summed E-state index contributed by atoms with van der Waals surface area (Å²) in [5.74, 6) is 0.818. The molecular formula is C21H25ClN2O3. The molecule has 0 saturated carbocycles. The molecule has 5 nitrogen and oxygen atoms in total. The molecular weight excluding hydrogens is 364 g/mol. The number of benzene rings is 2. The predicted molar refractivity (Wildman–Crippen MR) is 109 cm³/mol.